The van der Waals surface area contributed by atoms with E-state index < -0.39 is 5.97 Å². The van der Waals surface area contributed by atoms with E-state index >= 15 is 0 Å². The Hall–Kier alpha value is -1.32. The van der Waals surface area contributed by atoms with E-state index in [-0.39, 0.29) is 30.2 Å². The van der Waals surface area contributed by atoms with Crippen LogP contribution in [-0.4, -0.2) is 34.5 Å². The molecule has 2 aliphatic heterocycles. The van der Waals surface area contributed by atoms with Crippen LogP contribution in [0.1, 0.15) is 32.1 Å². The van der Waals surface area contributed by atoms with Crippen LogP contribution in [-0.2, 0) is 9.59 Å². The molecule has 0 bridgehead atoms. The van der Waals surface area contributed by atoms with E-state index in [9.17, 15) is 9.59 Å². The molecule has 2 fully saturated rings. The molecule has 18 heavy (non-hydrogen) atoms. The van der Waals surface area contributed by atoms with Gasteiger partial charge in [-0.05, 0) is 30.6 Å². The first-order valence-corrected chi connectivity index (χ1v) is 6.86. The summed E-state index contributed by atoms with van der Waals surface area (Å²) < 4.78 is 0. The molecular formula is C14H19NO3. The van der Waals surface area contributed by atoms with Gasteiger partial charge >= 0.3 is 5.97 Å². The van der Waals surface area contributed by atoms with Crippen LogP contribution in [0.2, 0.25) is 0 Å². The van der Waals surface area contributed by atoms with Crippen molar-refractivity contribution in [1.82, 2.24) is 4.90 Å². The van der Waals surface area contributed by atoms with E-state index in [4.69, 9.17) is 5.11 Å². The molecule has 3 rings (SSSR count). The van der Waals surface area contributed by atoms with E-state index in [1.165, 1.54) is 6.42 Å². The summed E-state index contributed by atoms with van der Waals surface area (Å²) >= 11 is 0. The summed E-state index contributed by atoms with van der Waals surface area (Å²) in [5.74, 6) is 0.185. The number of allylic oxidation sites excluding steroid dienone is 1. The molecule has 2 heterocycles. The second-order valence-electron chi connectivity index (χ2n) is 5.75. The molecule has 98 valence electrons. The average Bonchev–Trinajstić information content (AvgIpc) is 2.53. The Morgan fingerprint density at radius 2 is 2.22 bits per heavy atom. The monoisotopic (exact) mass is 249 g/mol. The van der Waals surface area contributed by atoms with Crippen LogP contribution in [0.5, 0.6) is 0 Å². The van der Waals surface area contributed by atoms with Gasteiger partial charge in [-0.3, -0.25) is 9.59 Å². The second kappa shape index (κ2) is 4.41. The Balaban J connectivity index is 1.89. The molecule has 0 aromatic heterocycles. The highest BCUT2D eigenvalue weighted by Gasteiger charge is 2.48. The minimum Gasteiger partial charge on any atom is -0.481 e. The molecule has 0 radical (unpaired) electrons. The van der Waals surface area contributed by atoms with Crippen LogP contribution in [0.15, 0.2) is 12.2 Å². The molecular weight excluding hydrogens is 230 g/mol. The fourth-order valence-electron chi connectivity index (χ4n) is 3.96. The largest absolute Gasteiger partial charge is 0.481 e. The SMILES string of the molecule is O=C(O)C[C@H]1C=C[C@H]2CCCCN3C(=O)C[C@H]1[C@@H]23. The standard InChI is InChI=1S/C14H19NO3/c16-12-8-11-10(7-13(17)18)5-4-9-3-1-2-6-15(12)14(9)11/h4-5,9-11,14H,1-3,6-8H2,(H,17,18)/t9-,10-,11-,14-/m1/s1. The molecule has 0 aromatic carbocycles. The van der Waals surface area contributed by atoms with Gasteiger partial charge in [0.2, 0.25) is 5.91 Å². The molecule has 2 saturated heterocycles. The number of rotatable bonds is 2. The lowest BCUT2D eigenvalue weighted by atomic mass is 9.73. The van der Waals surface area contributed by atoms with Crippen molar-refractivity contribution in [3.05, 3.63) is 12.2 Å². The summed E-state index contributed by atoms with van der Waals surface area (Å²) in [7, 11) is 0. The molecule has 0 saturated carbocycles. The summed E-state index contributed by atoms with van der Waals surface area (Å²) in [4.78, 5) is 25.0. The van der Waals surface area contributed by atoms with Gasteiger partial charge in [0.05, 0.1) is 6.42 Å². The average molecular weight is 249 g/mol. The summed E-state index contributed by atoms with van der Waals surface area (Å²) in [5.41, 5.74) is 0. The van der Waals surface area contributed by atoms with Gasteiger partial charge in [0.1, 0.15) is 0 Å². The molecule has 4 nitrogen and oxygen atoms in total. The lowest BCUT2D eigenvalue weighted by Crippen LogP contribution is -2.42. The topological polar surface area (TPSA) is 57.6 Å². The van der Waals surface area contributed by atoms with Crippen molar-refractivity contribution in [1.29, 1.82) is 0 Å². The number of nitrogens with zero attached hydrogens (tertiary/aromatic N) is 1. The number of amides is 1. The van der Waals surface area contributed by atoms with Crippen LogP contribution in [0, 0.1) is 17.8 Å². The second-order valence-corrected chi connectivity index (χ2v) is 5.75. The van der Waals surface area contributed by atoms with Crippen molar-refractivity contribution in [3.63, 3.8) is 0 Å². The Labute approximate surface area is 107 Å². The van der Waals surface area contributed by atoms with Crippen molar-refractivity contribution in [3.8, 4) is 0 Å². The number of carboxylic acid groups (broad SMARTS) is 1. The third-order valence-corrected chi connectivity index (χ3v) is 4.72. The first-order valence-electron chi connectivity index (χ1n) is 6.86. The van der Waals surface area contributed by atoms with Gasteiger partial charge in [-0.1, -0.05) is 18.6 Å². The van der Waals surface area contributed by atoms with Crippen LogP contribution in [0.4, 0.5) is 0 Å². The summed E-state index contributed by atoms with van der Waals surface area (Å²) in [6, 6.07) is 0.273. The minimum atomic E-state index is -0.761. The third-order valence-electron chi connectivity index (χ3n) is 4.72. The van der Waals surface area contributed by atoms with Gasteiger partial charge in [-0.15, -0.1) is 0 Å². The highest BCUT2D eigenvalue weighted by molar-refractivity contribution is 5.80. The maximum Gasteiger partial charge on any atom is 0.303 e. The summed E-state index contributed by atoms with van der Waals surface area (Å²) in [6.07, 6.45) is 8.33. The maximum absolute atomic E-state index is 12.1. The fourth-order valence-corrected chi connectivity index (χ4v) is 3.96. The van der Waals surface area contributed by atoms with Crippen molar-refractivity contribution in [2.24, 2.45) is 17.8 Å². The highest BCUT2D eigenvalue weighted by Crippen LogP contribution is 2.44. The van der Waals surface area contributed by atoms with E-state index in [2.05, 4.69) is 12.2 Å². The molecule has 3 aliphatic rings. The number of hydrogen-bond donors (Lipinski definition) is 1. The molecule has 4 heteroatoms. The van der Waals surface area contributed by atoms with Crippen molar-refractivity contribution in [2.45, 2.75) is 38.1 Å². The highest BCUT2D eigenvalue weighted by atomic mass is 16.4. The number of carbonyl (C=O) groups excluding carboxylic acids is 1. The van der Waals surface area contributed by atoms with Crippen LogP contribution < -0.4 is 0 Å². The number of aliphatic carboxylic acids is 1. The van der Waals surface area contributed by atoms with Crippen molar-refractivity contribution in [2.75, 3.05) is 6.54 Å². The van der Waals surface area contributed by atoms with Gasteiger partial charge in [0.15, 0.2) is 0 Å². The van der Waals surface area contributed by atoms with Crippen molar-refractivity contribution >= 4 is 11.9 Å². The van der Waals surface area contributed by atoms with Gasteiger partial charge < -0.3 is 10.0 Å². The van der Waals surface area contributed by atoms with Crippen molar-refractivity contribution < 1.29 is 14.7 Å². The molecule has 1 aliphatic carbocycles. The fraction of sp³-hybridized carbons (Fsp3) is 0.714. The van der Waals surface area contributed by atoms with Gasteiger partial charge in [0.25, 0.3) is 0 Å². The Morgan fingerprint density at radius 3 is 3.00 bits per heavy atom. The molecule has 1 N–H and O–H groups in total. The Bertz CT molecular complexity index is 404. The lowest BCUT2D eigenvalue weighted by Gasteiger charge is -2.37. The normalized spacial score (nSPS) is 38.4. The minimum absolute atomic E-state index is 0.0378. The van der Waals surface area contributed by atoms with E-state index in [0.717, 1.165) is 19.4 Å². The number of carboxylic acids is 1. The molecule has 4 atom stereocenters. The zero-order valence-electron chi connectivity index (χ0n) is 10.4. The summed E-state index contributed by atoms with van der Waals surface area (Å²) in [5, 5.41) is 8.98. The van der Waals surface area contributed by atoms with Gasteiger partial charge in [-0.2, -0.15) is 0 Å². The summed E-state index contributed by atoms with van der Waals surface area (Å²) in [6.45, 7) is 0.865. The van der Waals surface area contributed by atoms with Crippen LogP contribution >= 0.6 is 0 Å². The molecule has 0 unspecified atom stereocenters. The van der Waals surface area contributed by atoms with Crippen LogP contribution in [0.25, 0.3) is 0 Å². The van der Waals surface area contributed by atoms with Crippen LogP contribution in [0.3, 0.4) is 0 Å². The Morgan fingerprint density at radius 1 is 1.39 bits per heavy atom. The zero-order chi connectivity index (χ0) is 12.7. The predicted octanol–water partition coefficient (Wildman–Crippen LogP) is 1.66. The maximum atomic E-state index is 12.1. The molecule has 0 aromatic rings. The van der Waals surface area contributed by atoms with E-state index in [0.29, 0.717) is 12.3 Å². The van der Waals surface area contributed by atoms with E-state index in [1.807, 2.05) is 4.90 Å². The first kappa shape index (κ1) is 11.8. The smallest absolute Gasteiger partial charge is 0.303 e. The lowest BCUT2D eigenvalue weighted by molar-refractivity contribution is -0.138. The van der Waals surface area contributed by atoms with Gasteiger partial charge in [0, 0.05) is 19.0 Å². The molecule has 0 spiro atoms. The number of hydrogen-bond acceptors (Lipinski definition) is 2. The third kappa shape index (κ3) is 1.84. The Kier molecular flexibility index (Phi) is 2.88. The number of carbonyl (C=O) groups is 2. The van der Waals surface area contributed by atoms with Gasteiger partial charge in [-0.25, -0.2) is 0 Å². The molecule has 1 amide bonds. The first-order chi connectivity index (χ1) is 8.66. The predicted molar refractivity (Wildman–Crippen MR) is 65.8 cm³/mol. The van der Waals surface area contributed by atoms with E-state index in [1.54, 1.807) is 0 Å². The zero-order valence-corrected chi connectivity index (χ0v) is 10.4. The quantitative estimate of drug-likeness (QED) is 0.757.